The molecule has 0 aliphatic rings. The number of rotatable bonds is 1. The van der Waals surface area contributed by atoms with Gasteiger partial charge in [-0.15, -0.1) is 0 Å². The molecule has 2 nitrogen and oxygen atoms in total. The highest BCUT2D eigenvalue weighted by Crippen LogP contribution is 2.18. The van der Waals surface area contributed by atoms with Crippen LogP contribution in [-0.2, 0) is 13.6 Å². The highest BCUT2D eigenvalue weighted by atomic mass is 15.1. The highest BCUT2D eigenvalue weighted by molar-refractivity contribution is 5.74. The molecule has 0 N–H and O–H groups in total. The van der Waals surface area contributed by atoms with Crippen LogP contribution in [0.25, 0.3) is 11.0 Å². The van der Waals surface area contributed by atoms with Gasteiger partial charge in [0.1, 0.15) is 0 Å². The highest BCUT2D eigenvalue weighted by Gasteiger charge is 2.18. The van der Waals surface area contributed by atoms with Gasteiger partial charge >= 0.3 is 0 Å². The third kappa shape index (κ3) is 1.36. The van der Waals surface area contributed by atoms with E-state index < -0.39 is 0 Å². The van der Waals surface area contributed by atoms with Crippen LogP contribution in [0.15, 0.2) is 12.1 Å². The van der Waals surface area contributed by atoms with Gasteiger partial charge in [-0.1, -0.05) is 0 Å². The van der Waals surface area contributed by atoms with E-state index in [4.69, 9.17) is 0 Å². The molecule has 0 amide bonds. The molecule has 80 valence electrons. The number of nitrogens with zero attached hydrogens (tertiary/aromatic N) is 2. The van der Waals surface area contributed by atoms with Crippen molar-refractivity contribution in [3.63, 3.8) is 0 Å². The predicted molar refractivity (Wildman–Crippen MR) is 63.0 cm³/mol. The Morgan fingerprint density at radius 2 is 1.73 bits per heavy atom. The van der Waals surface area contributed by atoms with Gasteiger partial charge in [0.15, 0.2) is 11.0 Å². The van der Waals surface area contributed by atoms with E-state index in [1.165, 1.54) is 28.0 Å². The molecule has 0 radical (unpaired) electrons. The second-order valence-electron chi connectivity index (χ2n) is 4.28. The van der Waals surface area contributed by atoms with Crippen LogP contribution in [0.4, 0.5) is 0 Å². The molecule has 1 aromatic carbocycles. The van der Waals surface area contributed by atoms with Crippen molar-refractivity contribution in [1.29, 1.82) is 0 Å². The van der Waals surface area contributed by atoms with Crippen LogP contribution in [0.5, 0.6) is 0 Å². The Kier molecular flexibility index (Phi) is 2.29. The molecule has 15 heavy (non-hydrogen) atoms. The number of imidazole rings is 1. The smallest absolute Gasteiger partial charge is 0.230 e. The summed E-state index contributed by atoms with van der Waals surface area (Å²) in [6.45, 7) is 9.76. The topological polar surface area (TPSA) is 8.81 Å². The Bertz CT molecular complexity index is 521. The minimum absolute atomic E-state index is 1.03. The summed E-state index contributed by atoms with van der Waals surface area (Å²) in [5.41, 5.74) is 5.42. The number of benzene rings is 1. The van der Waals surface area contributed by atoms with E-state index in [-0.39, 0.29) is 0 Å². The molecule has 2 rings (SSSR count). The molecule has 0 spiro atoms. The fraction of sp³-hybridized carbons (Fsp3) is 0.462. The fourth-order valence-corrected chi connectivity index (χ4v) is 2.20. The van der Waals surface area contributed by atoms with Gasteiger partial charge in [-0.2, -0.15) is 0 Å². The van der Waals surface area contributed by atoms with Crippen LogP contribution >= 0.6 is 0 Å². The number of fused-ring (bicyclic) bond motifs is 1. The van der Waals surface area contributed by atoms with Crippen molar-refractivity contribution in [2.45, 2.75) is 34.2 Å². The Hall–Kier alpha value is -1.31. The lowest BCUT2D eigenvalue weighted by atomic mass is 10.1. The lowest BCUT2D eigenvalue weighted by molar-refractivity contribution is -0.652. The minimum atomic E-state index is 1.03. The molecule has 1 aromatic heterocycles. The minimum Gasteiger partial charge on any atom is -0.230 e. The Morgan fingerprint density at radius 1 is 1.13 bits per heavy atom. The zero-order valence-corrected chi connectivity index (χ0v) is 10.3. The van der Waals surface area contributed by atoms with Crippen LogP contribution in [-0.4, -0.2) is 4.57 Å². The van der Waals surface area contributed by atoms with Gasteiger partial charge in [-0.3, -0.25) is 0 Å². The summed E-state index contributed by atoms with van der Waals surface area (Å²) in [5.74, 6) is 1.32. The molecule has 0 saturated carbocycles. The van der Waals surface area contributed by atoms with Crippen LogP contribution in [0.2, 0.25) is 0 Å². The first-order valence-corrected chi connectivity index (χ1v) is 5.52. The fourth-order valence-electron chi connectivity index (χ4n) is 2.20. The first kappa shape index (κ1) is 10.2. The van der Waals surface area contributed by atoms with Gasteiger partial charge in [-0.05, 0) is 44.0 Å². The third-order valence-electron chi connectivity index (χ3n) is 3.44. The largest absolute Gasteiger partial charge is 0.253 e. The van der Waals surface area contributed by atoms with E-state index in [9.17, 15) is 0 Å². The normalized spacial score (nSPS) is 11.3. The predicted octanol–water partition coefficient (Wildman–Crippen LogP) is 2.41. The van der Waals surface area contributed by atoms with Gasteiger partial charge < -0.3 is 0 Å². The van der Waals surface area contributed by atoms with Gasteiger partial charge in [0, 0.05) is 6.92 Å². The van der Waals surface area contributed by atoms with Crippen molar-refractivity contribution in [1.82, 2.24) is 4.57 Å². The van der Waals surface area contributed by atoms with Crippen molar-refractivity contribution < 1.29 is 4.57 Å². The maximum atomic E-state index is 2.36. The van der Waals surface area contributed by atoms with Crippen molar-refractivity contribution in [3.05, 3.63) is 29.1 Å². The maximum absolute atomic E-state index is 2.36. The van der Waals surface area contributed by atoms with E-state index in [1.54, 1.807) is 0 Å². The first-order valence-electron chi connectivity index (χ1n) is 5.52. The SMILES string of the molecule is CCn1c(C)[n+](C)c2cc(C)c(C)cc21. The van der Waals surface area contributed by atoms with Crippen molar-refractivity contribution in [2.75, 3.05) is 0 Å². The second kappa shape index (κ2) is 3.37. The van der Waals surface area contributed by atoms with Gasteiger partial charge in [-0.25, -0.2) is 9.13 Å². The summed E-state index contributed by atoms with van der Waals surface area (Å²) >= 11 is 0. The number of aromatic nitrogens is 2. The molecule has 0 saturated heterocycles. The molecular weight excluding hydrogens is 184 g/mol. The molecule has 0 unspecified atom stereocenters. The van der Waals surface area contributed by atoms with E-state index in [1.807, 2.05) is 0 Å². The molecule has 0 atom stereocenters. The first-order chi connectivity index (χ1) is 7.06. The number of hydrogen-bond acceptors (Lipinski definition) is 0. The second-order valence-corrected chi connectivity index (χ2v) is 4.28. The van der Waals surface area contributed by atoms with Crippen LogP contribution in [0.1, 0.15) is 23.9 Å². The van der Waals surface area contributed by atoms with Gasteiger partial charge in [0.2, 0.25) is 0 Å². The van der Waals surface area contributed by atoms with Crippen molar-refractivity contribution in [3.8, 4) is 0 Å². The lowest BCUT2D eigenvalue weighted by Gasteiger charge is -1.98. The Morgan fingerprint density at radius 3 is 2.33 bits per heavy atom. The average molecular weight is 203 g/mol. The molecule has 1 heterocycles. The Balaban J connectivity index is 2.91. The van der Waals surface area contributed by atoms with Gasteiger partial charge in [0.05, 0.1) is 13.6 Å². The standard InChI is InChI=1S/C13H19N2/c1-6-15-11(4)14(5)12-7-9(2)10(3)8-13(12)15/h7-8H,6H2,1-5H3/q+1. The molecule has 2 heteroatoms. The summed E-state index contributed by atoms with van der Waals surface area (Å²) in [7, 11) is 2.14. The summed E-state index contributed by atoms with van der Waals surface area (Å²) in [4.78, 5) is 0. The number of aryl methyl sites for hydroxylation is 4. The molecule has 0 bridgehead atoms. The van der Waals surface area contributed by atoms with E-state index in [0.29, 0.717) is 0 Å². The van der Waals surface area contributed by atoms with Crippen molar-refractivity contribution in [2.24, 2.45) is 7.05 Å². The average Bonchev–Trinajstić information content (AvgIpc) is 2.42. The molecule has 0 aliphatic carbocycles. The molecule has 2 aromatic rings. The quantitative estimate of drug-likeness (QED) is 0.629. The van der Waals surface area contributed by atoms with Crippen LogP contribution in [0.3, 0.4) is 0 Å². The van der Waals surface area contributed by atoms with Gasteiger partial charge in [0.25, 0.3) is 5.82 Å². The van der Waals surface area contributed by atoms with E-state index in [0.717, 1.165) is 6.54 Å². The summed E-state index contributed by atoms with van der Waals surface area (Å²) in [6.07, 6.45) is 0. The zero-order chi connectivity index (χ0) is 11.2. The van der Waals surface area contributed by atoms with Crippen molar-refractivity contribution >= 4 is 11.0 Å². The summed E-state index contributed by atoms with van der Waals surface area (Å²) < 4.78 is 4.63. The zero-order valence-electron chi connectivity index (χ0n) is 10.3. The summed E-state index contributed by atoms with van der Waals surface area (Å²) in [5, 5.41) is 0. The Labute approximate surface area is 91.2 Å². The van der Waals surface area contributed by atoms with E-state index in [2.05, 4.69) is 56.0 Å². The molecular formula is C13H19N2+. The lowest BCUT2D eigenvalue weighted by Crippen LogP contribution is -2.30. The number of hydrogen-bond donors (Lipinski definition) is 0. The molecule has 0 fully saturated rings. The maximum Gasteiger partial charge on any atom is 0.253 e. The van der Waals surface area contributed by atoms with E-state index >= 15 is 0 Å². The van der Waals surface area contributed by atoms with Crippen LogP contribution < -0.4 is 4.57 Å². The molecule has 0 aliphatic heterocycles. The summed E-state index contributed by atoms with van der Waals surface area (Å²) in [6, 6.07) is 4.57. The third-order valence-corrected chi connectivity index (χ3v) is 3.44. The monoisotopic (exact) mass is 203 g/mol. The van der Waals surface area contributed by atoms with Crippen LogP contribution in [0, 0.1) is 20.8 Å².